The number of hydrogen-bond donors (Lipinski definition) is 0. The van der Waals surface area contributed by atoms with Gasteiger partial charge in [-0.25, -0.2) is 9.13 Å². The summed E-state index contributed by atoms with van der Waals surface area (Å²) in [6.07, 6.45) is 4.31. The van der Waals surface area contributed by atoms with E-state index in [4.69, 9.17) is 0 Å². The number of imidazole rings is 1. The molecule has 0 aliphatic carbocycles. The van der Waals surface area contributed by atoms with Gasteiger partial charge in [0.1, 0.15) is 0 Å². The molecule has 0 amide bonds. The zero-order valence-corrected chi connectivity index (χ0v) is 13.8. The van der Waals surface area contributed by atoms with Crippen molar-refractivity contribution >= 4 is 23.2 Å². The molecular formula is C17H17IN2. The van der Waals surface area contributed by atoms with Crippen molar-refractivity contribution in [1.29, 1.82) is 0 Å². The first-order valence-electron chi connectivity index (χ1n) is 6.44. The molecule has 0 N–H and O–H groups in total. The summed E-state index contributed by atoms with van der Waals surface area (Å²) in [6, 6.07) is 18.8. The van der Waals surface area contributed by atoms with Gasteiger partial charge in [-0.2, -0.15) is 0 Å². The van der Waals surface area contributed by atoms with Crippen LogP contribution in [0.5, 0.6) is 0 Å². The van der Waals surface area contributed by atoms with Gasteiger partial charge in [-0.05, 0) is 23.8 Å². The third kappa shape index (κ3) is 2.63. The third-order valence-electron chi connectivity index (χ3n) is 3.52. The highest BCUT2D eigenvalue weighted by molar-refractivity contribution is 5.75. The molecule has 1 aromatic heterocycles. The standard InChI is InChI=1S/C17H17N2.HI/c1-18-15-10-6-7-11-16(15)19(2)17(18)13-12-14-8-4-3-5-9-14;/h3-13H,1-2H3;1H/q+1;/p-1. The van der Waals surface area contributed by atoms with Crippen LogP contribution >= 0.6 is 0 Å². The summed E-state index contributed by atoms with van der Waals surface area (Å²) in [5, 5.41) is 0. The van der Waals surface area contributed by atoms with Crippen LogP contribution in [0.15, 0.2) is 54.6 Å². The molecule has 0 saturated carbocycles. The van der Waals surface area contributed by atoms with Crippen LogP contribution in [0, 0.1) is 0 Å². The molecule has 0 saturated heterocycles. The van der Waals surface area contributed by atoms with Gasteiger partial charge in [0.25, 0.3) is 5.82 Å². The Morgan fingerprint density at radius 2 is 1.55 bits per heavy atom. The van der Waals surface area contributed by atoms with Crippen LogP contribution in [-0.2, 0) is 14.1 Å². The molecule has 2 nitrogen and oxygen atoms in total. The number of rotatable bonds is 2. The molecular weight excluding hydrogens is 359 g/mol. The van der Waals surface area contributed by atoms with Crippen molar-refractivity contribution in [3.8, 4) is 0 Å². The predicted molar refractivity (Wildman–Crippen MR) is 79.5 cm³/mol. The van der Waals surface area contributed by atoms with E-state index in [9.17, 15) is 0 Å². The molecule has 3 heteroatoms. The van der Waals surface area contributed by atoms with E-state index in [-0.39, 0.29) is 24.0 Å². The van der Waals surface area contributed by atoms with Crippen LogP contribution in [0.4, 0.5) is 0 Å². The second-order valence-corrected chi connectivity index (χ2v) is 4.71. The van der Waals surface area contributed by atoms with Crippen LogP contribution in [0.2, 0.25) is 0 Å². The summed E-state index contributed by atoms with van der Waals surface area (Å²) in [7, 11) is 4.21. The third-order valence-corrected chi connectivity index (χ3v) is 3.52. The molecule has 3 aromatic rings. The average molecular weight is 376 g/mol. The number of halogens is 1. The Bertz CT molecular complexity index is 703. The summed E-state index contributed by atoms with van der Waals surface area (Å²) in [4.78, 5) is 0. The van der Waals surface area contributed by atoms with Gasteiger partial charge in [0.15, 0.2) is 11.0 Å². The molecule has 20 heavy (non-hydrogen) atoms. The fourth-order valence-corrected chi connectivity index (χ4v) is 2.46. The molecule has 0 fully saturated rings. The number of hydrogen-bond acceptors (Lipinski definition) is 0. The van der Waals surface area contributed by atoms with Crippen LogP contribution in [0.3, 0.4) is 0 Å². The van der Waals surface area contributed by atoms with Gasteiger partial charge in [-0.1, -0.05) is 42.5 Å². The smallest absolute Gasteiger partial charge is 0.281 e. The Hall–Kier alpha value is -1.62. The van der Waals surface area contributed by atoms with E-state index in [0.717, 1.165) is 0 Å². The van der Waals surface area contributed by atoms with Crippen molar-refractivity contribution < 1.29 is 28.5 Å². The van der Waals surface area contributed by atoms with Crippen LogP contribution in [0.1, 0.15) is 11.4 Å². The molecule has 102 valence electrons. The van der Waals surface area contributed by atoms with Crippen molar-refractivity contribution in [3.63, 3.8) is 0 Å². The minimum atomic E-state index is 0. The first kappa shape index (κ1) is 14.8. The number of aromatic nitrogens is 2. The largest absolute Gasteiger partial charge is 1.00 e. The van der Waals surface area contributed by atoms with E-state index in [1.54, 1.807) is 0 Å². The van der Waals surface area contributed by atoms with Gasteiger partial charge in [0.05, 0.1) is 14.1 Å². The van der Waals surface area contributed by atoms with Gasteiger partial charge in [-0.3, -0.25) is 0 Å². The second-order valence-electron chi connectivity index (χ2n) is 4.71. The normalized spacial score (nSPS) is 10.9. The first-order chi connectivity index (χ1) is 9.27. The van der Waals surface area contributed by atoms with E-state index in [0.29, 0.717) is 0 Å². The van der Waals surface area contributed by atoms with Gasteiger partial charge >= 0.3 is 0 Å². The van der Waals surface area contributed by atoms with Crippen molar-refractivity contribution in [2.24, 2.45) is 14.1 Å². The summed E-state index contributed by atoms with van der Waals surface area (Å²) >= 11 is 0. The lowest BCUT2D eigenvalue weighted by Gasteiger charge is -1.93. The highest BCUT2D eigenvalue weighted by atomic mass is 127. The van der Waals surface area contributed by atoms with E-state index in [1.807, 2.05) is 6.07 Å². The summed E-state index contributed by atoms with van der Waals surface area (Å²) in [5.74, 6) is 1.19. The summed E-state index contributed by atoms with van der Waals surface area (Å²) < 4.78 is 4.43. The summed E-state index contributed by atoms with van der Waals surface area (Å²) in [5.41, 5.74) is 3.71. The lowest BCUT2D eigenvalue weighted by molar-refractivity contribution is -0.647. The quantitative estimate of drug-likeness (QED) is 0.446. The molecule has 0 radical (unpaired) electrons. The molecule has 1 heterocycles. The van der Waals surface area contributed by atoms with Gasteiger partial charge in [-0.15, -0.1) is 0 Å². The molecule has 0 aliphatic heterocycles. The lowest BCUT2D eigenvalue weighted by atomic mass is 10.2. The van der Waals surface area contributed by atoms with Crippen LogP contribution in [0.25, 0.3) is 23.2 Å². The number of benzene rings is 2. The molecule has 0 aliphatic rings. The topological polar surface area (TPSA) is 8.81 Å². The average Bonchev–Trinajstić information content (AvgIpc) is 2.71. The van der Waals surface area contributed by atoms with E-state index in [2.05, 4.69) is 83.9 Å². The van der Waals surface area contributed by atoms with Crippen LogP contribution < -0.4 is 28.5 Å². The molecule has 2 aromatic carbocycles. The minimum absolute atomic E-state index is 0. The van der Waals surface area contributed by atoms with E-state index >= 15 is 0 Å². The fraction of sp³-hybridized carbons (Fsp3) is 0.118. The minimum Gasteiger partial charge on any atom is -1.00 e. The van der Waals surface area contributed by atoms with Gasteiger partial charge < -0.3 is 24.0 Å². The first-order valence-corrected chi connectivity index (χ1v) is 6.44. The van der Waals surface area contributed by atoms with Crippen molar-refractivity contribution in [2.75, 3.05) is 0 Å². The molecule has 0 unspecified atom stereocenters. The number of aryl methyl sites for hydroxylation is 2. The Balaban J connectivity index is 0.00000147. The van der Waals surface area contributed by atoms with E-state index in [1.165, 1.54) is 22.4 Å². The fourth-order valence-electron chi connectivity index (χ4n) is 2.46. The second kappa shape index (κ2) is 6.22. The zero-order chi connectivity index (χ0) is 13.2. The van der Waals surface area contributed by atoms with Crippen LogP contribution in [-0.4, -0.2) is 4.57 Å². The highest BCUT2D eigenvalue weighted by Gasteiger charge is 2.16. The van der Waals surface area contributed by atoms with E-state index < -0.39 is 0 Å². The number of para-hydroxylation sites is 2. The maximum absolute atomic E-state index is 2.22. The predicted octanol–water partition coefficient (Wildman–Crippen LogP) is 0.177. The number of nitrogens with zero attached hydrogens (tertiary/aromatic N) is 2. The SMILES string of the molecule is Cn1c(C=Cc2ccccc2)[n+](C)c2ccccc21.[I-]. The number of fused-ring (bicyclic) bond motifs is 1. The summed E-state index contributed by atoms with van der Waals surface area (Å²) in [6.45, 7) is 0. The van der Waals surface area contributed by atoms with Gasteiger partial charge in [0.2, 0.25) is 0 Å². The Morgan fingerprint density at radius 3 is 2.25 bits per heavy atom. The Morgan fingerprint density at radius 1 is 0.900 bits per heavy atom. The maximum atomic E-state index is 2.22. The monoisotopic (exact) mass is 376 g/mol. The Labute approximate surface area is 136 Å². The van der Waals surface area contributed by atoms with Crippen molar-refractivity contribution in [1.82, 2.24) is 4.57 Å². The Kier molecular flexibility index (Phi) is 4.60. The molecule has 0 atom stereocenters. The van der Waals surface area contributed by atoms with Crippen molar-refractivity contribution in [2.45, 2.75) is 0 Å². The highest BCUT2D eigenvalue weighted by Crippen LogP contribution is 2.14. The molecule has 0 bridgehead atoms. The lowest BCUT2D eigenvalue weighted by Crippen LogP contribution is -3.00. The molecule has 0 spiro atoms. The van der Waals surface area contributed by atoms with Crippen molar-refractivity contribution in [3.05, 3.63) is 66.0 Å². The molecule has 3 rings (SSSR count). The zero-order valence-electron chi connectivity index (χ0n) is 11.6. The van der Waals surface area contributed by atoms with Gasteiger partial charge in [0, 0.05) is 6.08 Å². The maximum Gasteiger partial charge on any atom is 0.281 e.